The van der Waals surface area contributed by atoms with Crippen molar-refractivity contribution in [2.24, 2.45) is 5.92 Å². The third-order valence-electron chi connectivity index (χ3n) is 4.40. The Morgan fingerprint density at radius 2 is 2.05 bits per heavy atom. The first-order chi connectivity index (χ1) is 10.6. The monoisotopic (exact) mass is 300 g/mol. The quantitative estimate of drug-likeness (QED) is 0.926. The van der Waals surface area contributed by atoms with Crippen molar-refractivity contribution in [3.05, 3.63) is 40.2 Å². The molecular weight excluding hydrogens is 280 g/mol. The van der Waals surface area contributed by atoms with E-state index in [0.717, 1.165) is 25.9 Å². The predicted molar refractivity (Wildman–Crippen MR) is 85.4 cm³/mol. The summed E-state index contributed by atoms with van der Waals surface area (Å²) >= 11 is 0. The maximum absolute atomic E-state index is 12.6. The summed E-state index contributed by atoms with van der Waals surface area (Å²) in [4.78, 5) is 30.0. The second-order valence-corrected chi connectivity index (χ2v) is 5.89. The molecule has 2 aromatic rings. The molecule has 5 heteroatoms. The van der Waals surface area contributed by atoms with E-state index in [-0.39, 0.29) is 16.9 Å². The van der Waals surface area contributed by atoms with Crippen LogP contribution in [0.3, 0.4) is 0 Å². The first-order valence-corrected chi connectivity index (χ1v) is 7.59. The number of ether oxygens (including phenoxy) is 1. The highest BCUT2D eigenvalue weighted by Gasteiger charge is 2.24. The lowest BCUT2D eigenvalue weighted by molar-refractivity contribution is 0.0696. The molecule has 0 saturated carbocycles. The van der Waals surface area contributed by atoms with Gasteiger partial charge in [-0.15, -0.1) is 0 Å². The number of carbonyl (C=O) groups is 1. The van der Waals surface area contributed by atoms with Crippen LogP contribution < -0.4 is 10.2 Å². The number of pyridine rings is 1. The number of hydrogen-bond donors (Lipinski definition) is 1. The molecule has 22 heavy (non-hydrogen) atoms. The normalized spacial score (nSPS) is 16.0. The van der Waals surface area contributed by atoms with Crippen LogP contribution in [0.4, 0.5) is 0 Å². The third-order valence-corrected chi connectivity index (χ3v) is 4.40. The van der Waals surface area contributed by atoms with Gasteiger partial charge in [0.2, 0.25) is 5.43 Å². The largest absolute Gasteiger partial charge is 0.495 e. The molecular formula is C17H20N2O3. The highest BCUT2D eigenvalue weighted by Crippen LogP contribution is 2.22. The molecule has 0 unspecified atom stereocenters. The second-order valence-electron chi connectivity index (χ2n) is 5.89. The number of nitrogens with zero attached hydrogens (tertiary/aromatic N) is 1. The molecule has 0 aliphatic carbocycles. The van der Waals surface area contributed by atoms with Crippen LogP contribution in [0.1, 0.15) is 30.1 Å². The van der Waals surface area contributed by atoms with Gasteiger partial charge in [-0.1, -0.05) is 13.0 Å². The van der Waals surface area contributed by atoms with Gasteiger partial charge in [0.25, 0.3) is 5.91 Å². The van der Waals surface area contributed by atoms with E-state index in [4.69, 9.17) is 4.74 Å². The van der Waals surface area contributed by atoms with Crippen LogP contribution in [0.15, 0.2) is 29.2 Å². The van der Waals surface area contributed by atoms with Gasteiger partial charge < -0.3 is 14.6 Å². The topological polar surface area (TPSA) is 62.4 Å². The molecule has 5 nitrogen and oxygen atoms in total. The lowest BCUT2D eigenvalue weighted by Gasteiger charge is -2.30. The molecule has 2 heterocycles. The van der Waals surface area contributed by atoms with E-state index >= 15 is 0 Å². The SMILES string of the molecule is COc1cccc2c(=O)c(C(=O)N3CCC(C)CC3)c[nH]c12. The number of amides is 1. The van der Waals surface area contributed by atoms with Crippen LogP contribution in [0.5, 0.6) is 5.75 Å². The summed E-state index contributed by atoms with van der Waals surface area (Å²) in [7, 11) is 1.56. The predicted octanol–water partition coefficient (Wildman–Crippen LogP) is 2.41. The van der Waals surface area contributed by atoms with Crippen LogP contribution in [-0.2, 0) is 0 Å². The van der Waals surface area contributed by atoms with Crippen LogP contribution in [0.25, 0.3) is 10.9 Å². The second kappa shape index (κ2) is 5.83. The summed E-state index contributed by atoms with van der Waals surface area (Å²) in [5, 5.41) is 0.482. The number of aromatic nitrogens is 1. The number of likely N-dealkylation sites (tertiary alicyclic amines) is 1. The summed E-state index contributed by atoms with van der Waals surface area (Å²) in [6, 6.07) is 5.25. The molecule has 0 atom stereocenters. The molecule has 1 amide bonds. The summed E-state index contributed by atoms with van der Waals surface area (Å²) < 4.78 is 5.25. The fraction of sp³-hybridized carbons (Fsp3) is 0.412. The maximum atomic E-state index is 12.6. The molecule has 1 N–H and O–H groups in total. The van der Waals surface area contributed by atoms with Crippen molar-refractivity contribution in [1.29, 1.82) is 0 Å². The lowest BCUT2D eigenvalue weighted by Crippen LogP contribution is -2.39. The summed E-state index contributed by atoms with van der Waals surface area (Å²) in [5.74, 6) is 1.06. The lowest BCUT2D eigenvalue weighted by atomic mass is 9.98. The van der Waals surface area contributed by atoms with Gasteiger partial charge in [-0.05, 0) is 30.9 Å². The van der Waals surface area contributed by atoms with Crippen LogP contribution in [0, 0.1) is 5.92 Å². The smallest absolute Gasteiger partial charge is 0.259 e. The van der Waals surface area contributed by atoms with Crippen molar-refractivity contribution in [1.82, 2.24) is 9.88 Å². The third kappa shape index (κ3) is 2.47. The van der Waals surface area contributed by atoms with E-state index < -0.39 is 0 Å². The number of benzene rings is 1. The molecule has 1 aliphatic rings. The Bertz CT molecular complexity index is 758. The minimum absolute atomic E-state index is 0.183. The Hall–Kier alpha value is -2.30. The van der Waals surface area contributed by atoms with Gasteiger partial charge >= 0.3 is 0 Å². The molecule has 1 aromatic heterocycles. The number of nitrogens with one attached hydrogen (secondary N) is 1. The Morgan fingerprint density at radius 1 is 1.32 bits per heavy atom. The number of H-pyrrole nitrogens is 1. The van der Waals surface area contributed by atoms with Gasteiger partial charge in [0.05, 0.1) is 18.0 Å². The molecule has 0 bridgehead atoms. The molecule has 0 radical (unpaired) electrons. The number of aromatic amines is 1. The van der Waals surface area contributed by atoms with E-state index in [2.05, 4.69) is 11.9 Å². The zero-order chi connectivity index (χ0) is 15.7. The van der Waals surface area contributed by atoms with Crippen LogP contribution in [0.2, 0.25) is 0 Å². The number of para-hydroxylation sites is 1. The van der Waals surface area contributed by atoms with Crippen molar-refractivity contribution in [2.45, 2.75) is 19.8 Å². The van der Waals surface area contributed by atoms with Crippen molar-refractivity contribution in [3.63, 3.8) is 0 Å². The number of carbonyl (C=O) groups excluding carboxylic acids is 1. The Morgan fingerprint density at radius 3 is 2.73 bits per heavy atom. The average molecular weight is 300 g/mol. The number of hydrogen-bond acceptors (Lipinski definition) is 3. The molecule has 1 fully saturated rings. The van der Waals surface area contributed by atoms with Crippen LogP contribution in [-0.4, -0.2) is 36.0 Å². The van der Waals surface area contributed by atoms with E-state index in [1.54, 1.807) is 30.2 Å². The summed E-state index contributed by atoms with van der Waals surface area (Å²) in [6.45, 7) is 3.63. The standard InChI is InChI=1S/C17H20N2O3/c1-11-6-8-19(9-7-11)17(21)13-10-18-15-12(16(13)20)4-3-5-14(15)22-2/h3-5,10-11H,6-9H2,1-2H3,(H,18,20). The zero-order valence-electron chi connectivity index (χ0n) is 12.9. The molecule has 0 spiro atoms. The van der Waals surface area contributed by atoms with Gasteiger partial charge in [-0.3, -0.25) is 9.59 Å². The Kier molecular flexibility index (Phi) is 3.88. The maximum Gasteiger partial charge on any atom is 0.259 e. The van der Waals surface area contributed by atoms with Crippen molar-refractivity contribution in [3.8, 4) is 5.75 Å². The van der Waals surface area contributed by atoms with Crippen LogP contribution >= 0.6 is 0 Å². The average Bonchev–Trinajstić information content (AvgIpc) is 2.55. The van der Waals surface area contributed by atoms with E-state index in [1.165, 1.54) is 6.20 Å². The summed E-state index contributed by atoms with van der Waals surface area (Å²) in [5.41, 5.74) is 0.588. The number of rotatable bonds is 2. The Balaban J connectivity index is 2.00. The number of piperidine rings is 1. The molecule has 1 saturated heterocycles. The minimum atomic E-state index is -0.240. The highest BCUT2D eigenvalue weighted by molar-refractivity contribution is 5.98. The Labute approximate surface area is 128 Å². The molecule has 116 valence electrons. The highest BCUT2D eigenvalue weighted by atomic mass is 16.5. The van der Waals surface area contributed by atoms with Gasteiger partial charge in [0.15, 0.2) is 0 Å². The number of methoxy groups -OCH3 is 1. The molecule has 1 aromatic carbocycles. The van der Waals surface area contributed by atoms with Gasteiger partial charge in [0, 0.05) is 19.3 Å². The van der Waals surface area contributed by atoms with Gasteiger partial charge in [-0.25, -0.2) is 0 Å². The van der Waals surface area contributed by atoms with Crippen molar-refractivity contribution < 1.29 is 9.53 Å². The molecule has 1 aliphatic heterocycles. The van der Waals surface area contributed by atoms with Crippen molar-refractivity contribution in [2.75, 3.05) is 20.2 Å². The first-order valence-electron chi connectivity index (χ1n) is 7.59. The molecule has 3 rings (SSSR count). The fourth-order valence-electron chi connectivity index (χ4n) is 2.94. The van der Waals surface area contributed by atoms with E-state index in [0.29, 0.717) is 22.6 Å². The van der Waals surface area contributed by atoms with E-state index in [1.807, 2.05) is 0 Å². The summed E-state index contributed by atoms with van der Waals surface area (Å²) in [6.07, 6.45) is 3.49. The minimum Gasteiger partial charge on any atom is -0.495 e. The first kappa shape index (κ1) is 14.6. The number of fused-ring (bicyclic) bond motifs is 1. The van der Waals surface area contributed by atoms with Crippen molar-refractivity contribution >= 4 is 16.8 Å². The van der Waals surface area contributed by atoms with E-state index in [9.17, 15) is 9.59 Å². The fourth-order valence-corrected chi connectivity index (χ4v) is 2.94. The van der Waals surface area contributed by atoms with Gasteiger partial charge in [0.1, 0.15) is 11.3 Å². The zero-order valence-corrected chi connectivity index (χ0v) is 12.9. The van der Waals surface area contributed by atoms with Gasteiger partial charge in [-0.2, -0.15) is 0 Å².